The summed E-state index contributed by atoms with van der Waals surface area (Å²) in [5, 5.41) is 0. The summed E-state index contributed by atoms with van der Waals surface area (Å²) in [5.41, 5.74) is 2.57. The molecular formula is C15H15N3O2. The summed E-state index contributed by atoms with van der Waals surface area (Å²) in [6, 6.07) is 13.3. The van der Waals surface area contributed by atoms with Gasteiger partial charge in [-0.1, -0.05) is 18.2 Å². The van der Waals surface area contributed by atoms with Gasteiger partial charge in [0.1, 0.15) is 0 Å². The van der Waals surface area contributed by atoms with Crippen molar-refractivity contribution >= 4 is 11.0 Å². The summed E-state index contributed by atoms with van der Waals surface area (Å²) >= 11 is 0. The van der Waals surface area contributed by atoms with Gasteiger partial charge in [-0.05, 0) is 18.2 Å². The molecule has 20 heavy (non-hydrogen) atoms. The van der Waals surface area contributed by atoms with E-state index in [1.807, 2.05) is 36.4 Å². The highest BCUT2D eigenvalue weighted by atomic mass is 16.5. The molecule has 0 aliphatic carbocycles. The van der Waals surface area contributed by atoms with Crippen molar-refractivity contribution in [3.05, 3.63) is 58.6 Å². The highest BCUT2D eigenvalue weighted by Gasteiger charge is 2.10. The molecule has 0 unspecified atom stereocenters. The highest BCUT2D eigenvalue weighted by molar-refractivity contribution is 5.75. The lowest BCUT2D eigenvalue weighted by Gasteiger charge is -2.04. The molecule has 0 atom stereocenters. The standard InChI is InChI=1S/C15H15N3O2/c1-17-12-7-3-4-8-13(12)18(15(17)19)10-11-6-5-9-14(16-11)20-2/h3-9H,10H2,1-2H3. The Balaban J connectivity index is 2.11. The van der Waals surface area contributed by atoms with Crippen LogP contribution < -0.4 is 10.4 Å². The molecule has 0 saturated carbocycles. The van der Waals surface area contributed by atoms with E-state index in [4.69, 9.17) is 4.74 Å². The first-order valence-corrected chi connectivity index (χ1v) is 6.35. The van der Waals surface area contributed by atoms with Gasteiger partial charge in [0.25, 0.3) is 0 Å². The first-order valence-electron chi connectivity index (χ1n) is 6.35. The summed E-state index contributed by atoms with van der Waals surface area (Å²) in [6.45, 7) is 0.428. The SMILES string of the molecule is COc1cccc(Cn2c(=O)n(C)c3ccccc32)n1. The van der Waals surface area contributed by atoms with E-state index < -0.39 is 0 Å². The van der Waals surface area contributed by atoms with E-state index in [0.29, 0.717) is 12.4 Å². The monoisotopic (exact) mass is 269 g/mol. The predicted octanol–water partition coefficient (Wildman–Crippen LogP) is 1.79. The van der Waals surface area contributed by atoms with Gasteiger partial charge in [0.05, 0.1) is 30.4 Å². The van der Waals surface area contributed by atoms with Crippen LogP contribution in [0.1, 0.15) is 5.69 Å². The molecule has 0 radical (unpaired) electrons. The Morgan fingerprint density at radius 2 is 1.85 bits per heavy atom. The smallest absolute Gasteiger partial charge is 0.329 e. The number of methoxy groups -OCH3 is 1. The van der Waals surface area contributed by atoms with Crippen LogP contribution in [0.2, 0.25) is 0 Å². The Bertz CT molecular complexity index is 817. The summed E-state index contributed by atoms with van der Waals surface area (Å²) < 4.78 is 8.48. The number of para-hydroxylation sites is 2. The van der Waals surface area contributed by atoms with Crippen molar-refractivity contribution < 1.29 is 4.74 Å². The number of imidazole rings is 1. The molecule has 1 aromatic carbocycles. The maximum absolute atomic E-state index is 12.3. The fourth-order valence-electron chi connectivity index (χ4n) is 2.34. The van der Waals surface area contributed by atoms with Crippen molar-refractivity contribution in [2.45, 2.75) is 6.54 Å². The minimum atomic E-state index is -0.0455. The molecule has 102 valence electrons. The third kappa shape index (κ3) is 1.97. The van der Waals surface area contributed by atoms with E-state index in [-0.39, 0.29) is 5.69 Å². The first kappa shape index (κ1) is 12.5. The number of pyridine rings is 1. The molecule has 0 bridgehead atoms. The van der Waals surface area contributed by atoms with Gasteiger partial charge < -0.3 is 4.74 Å². The van der Waals surface area contributed by atoms with Gasteiger partial charge in [-0.3, -0.25) is 9.13 Å². The summed E-state index contributed by atoms with van der Waals surface area (Å²) in [5.74, 6) is 0.552. The van der Waals surface area contributed by atoms with Gasteiger partial charge in [0.2, 0.25) is 5.88 Å². The van der Waals surface area contributed by atoms with Gasteiger partial charge in [0.15, 0.2) is 0 Å². The number of fused-ring (bicyclic) bond motifs is 1. The van der Waals surface area contributed by atoms with Crippen LogP contribution in [0.4, 0.5) is 0 Å². The first-order chi connectivity index (χ1) is 9.70. The second kappa shape index (κ2) is 4.85. The maximum Gasteiger partial charge on any atom is 0.329 e. The number of rotatable bonds is 3. The summed E-state index contributed by atoms with van der Waals surface area (Å²) in [6.07, 6.45) is 0. The molecule has 0 aliphatic heterocycles. The van der Waals surface area contributed by atoms with Crippen molar-refractivity contribution in [3.8, 4) is 5.88 Å². The topological polar surface area (TPSA) is 49.0 Å². The zero-order valence-electron chi connectivity index (χ0n) is 11.4. The molecular weight excluding hydrogens is 254 g/mol. The second-order valence-corrected chi connectivity index (χ2v) is 4.59. The van der Waals surface area contributed by atoms with E-state index in [2.05, 4.69) is 4.98 Å². The van der Waals surface area contributed by atoms with E-state index in [1.54, 1.807) is 29.4 Å². The summed E-state index contributed by atoms with van der Waals surface area (Å²) in [7, 11) is 3.36. The molecule has 0 amide bonds. The predicted molar refractivity (Wildman–Crippen MR) is 77.1 cm³/mol. The van der Waals surface area contributed by atoms with E-state index in [0.717, 1.165) is 16.7 Å². The molecule has 2 aromatic heterocycles. The fourth-order valence-corrected chi connectivity index (χ4v) is 2.34. The van der Waals surface area contributed by atoms with Gasteiger partial charge in [-0.2, -0.15) is 0 Å². The Hall–Kier alpha value is -2.56. The Morgan fingerprint density at radius 3 is 2.60 bits per heavy atom. The molecule has 3 rings (SSSR count). The third-order valence-electron chi connectivity index (χ3n) is 3.36. The summed E-state index contributed by atoms with van der Waals surface area (Å²) in [4.78, 5) is 16.7. The number of aryl methyl sites for hydroxylation is 1. The average Bonchev–Trinajstić information content (AvgIpc) is 2.73. The second-order valence-electron chi connectivity index (χ2n) is 4.59. The van der Waals surface area contributed by atoms with Crippen LogP contribution >= 0.6 is 0 Å². The third-order valence-corrected chi connectivity index (χ3v) is 3.36. The van der Waals surface area contributed by atoms with Crippen LogP contribution in [0.15, 0.2) is 47.3 Å². The fraction of sp³-hybridized carbons (Fsp3) is 0.200. The molecule has 0 aliphatic rings. The van der Waals surface area contributed by atoms with Gasteiger partial charge in [0, 0.05) is 13.1 Å². The Morgan fingerprint density at radius 1 is 1.10 bits per heavy atom. The number of nitrogens with zero attached hydrogens (tertiary/aromatic N) is 3. The minimum absolute atomic E-state index is 0.0455. The van der Waals surface area contributed by atoms with Crippen LogP contribution in [0.3, 0.4) is 0 Å². The molecule has 0 saturated heterocycles. The van der Waals surface area contributed by atoms with Crippen LogP contribution in [0.5, 0.6) is 5.88 Å². The van der Waals surface area contributed by atoms with Crippen LogP contribution in [-0.4, -0.2) is 21.2 Å². The molecule has 0 N–H and O–H groups in total. The van der Waals surface area contributed by atoms with E-state index in [1.165, 1.54) is 0 Å². The van der Waals surface area contributed by atoms with E-state index >= 15 is 0 Å². The average molecular weight is 269 g/mol. The quantitative estimate of drug-likeness (QED) is 0.728. The molecule has 2 heterocycles. The van der Waals surface area contributed by atoms with Crippen LogP contribution in [0.25, 0.3) is 11.0 Å². The lowest BCUT2D eigenvalue weighted by molar-refractivity contribution is 0.396. The molecule has 0 spiro atoms. The van der Waals surface area contributed by atoms with Gasteiger partial charge >= 0.3 is 5.69 Å². The lowest BCUT2D eigenvalue weighted by Crippen LogP contribution is -2.23. The van der Waals surface area contributed by atoms with Crippen LogP contribution in [0, 0.1) is 0 Å². The molecule has 3 aromatic rings. The van der Waals surface area contributed by atoms with Crippen molar-refractivity contribution in [1.29, 1.82) is 0 Å². The normalized spacial score (nSPS) is 10.9. The number of hydrogen-bond acceptors (Lipinski definition) is 3. The molecule has 5 nitrogen and oxygen atoms in total. The zero-order valence-corrected chi connectivity index (χ0v) is 11.4. The number of benzene rings is 1. The van der Waals surface area contributed by atoms with Crippen molar-refractivity contribution in [2.24, 2.45) is 7.05 Å². The van der Waals surface area contributed by atoms with Crippen molar-refractivity contribution in [3.63, 3.8) is 0 Å². The lowest BCUT2D eigenvalue weighted by atomic mass is 10.3. The number of aromatic nitrogens is 3. The highest BCUT2D eigenvalue weighted by Crippen LogP contribution is 2.14. The largest absolute Gasteiger partial charge is 0.481 e. The van der Waals surface area contributed by atoms with Gasteiger partial charge in [-0.15, -0.1) is 0 Å². The van der Waals surface area contributed by atoms with E-state index in [9.17, 15) is 4.79 Å². The molecule has 0 fully saturated rings. The Kier molecular flexibility index (Phi) is 3.02. The molecule has 5 heteroatoms. The minimum Gasteiger partial charge on any atom is -0.481 e. The Labute approximate surface area is 116 Å². The zero-order chi connectivity index (χ0) is 14.1. The maximum atomic E-state index is 12.3. The number of ether oxygens (including phenoxy) is 1. The van der Waals surface area contributed by atoms with Gasteiger partial charge in [-0.25, -0.2) is 9.78 Å². The number of hydrogen-bond donors (Lipinski definition) is 0. The van der Waals surface area contributed by atoms with Crippen molar-refractivity contribution in [2.75, 3.05) is 7.11 Å². The van der Waals surface area contributed by atoms with Crippen molar-refractivity contribution in [1.82, 2.24) is 14.1 Å². The van der Waals surface area contributed by atoms with Crippen LogP contribution in [-0.2, 0) is 13.6 Å².